The van der Waals surface area contributed by atoms with Crippen molar-refractivity contribution in [3.8, 4) is 0 Å². The molecule has 0 saturated carbocycles. The van der Waals surface area contributed by atoms with Gasteiger partial charge in [0.1, 0.15) is 11.5 Å². The quantitative estimate of drug-likeness (QED) is 0.871. The van der Waals surface area contributed by atoms with Crippen molar-refractivity contribution >= 4 is 11.7 Å². The number of anilines is 1. The van der Waals surface area contributed by atoms with Crippen LogP contribution in [0.2, 0.25) is 0 Å². The van der Waals surface area contributed by atoms with Crippen LogP contribution in [-0.2, 0) is 0 Å². The van der Waals surface area contributed by atoms with E-state index in [9.17, 15) is 4.79 Å². The number of hydrogen-bond acceptors (Lipinski definition) is 4. The Labute approximate surface area is 127 Å². The lowest BCUT2D eigenvalue weighted by Crippen LogP contribution is -2.39. The predicted octanol–water partition coefficient (Wildman–Crippen LogP) is 2.07. The number of amides is 1. The molecule has 1 saturated heterocycles. The van der Waals surface area contributed by atoms with E-state index in [0.29, 0.717) is 11.7 Å². The van der Waals surface area contributed by atoms with E-state index in [4.69, 9.17) is 0 Å². The summed E-state index contributed by atoms with van der Waals surface area (Å²) in [6.45, 7) is 4.87. The first-order valence-electron chi connectivity index (χ1n) is 7.78. The van der Waals surface area contributed by atoms with Crippen molar-refractivity contribution in [2.45, 2.75) is 32.2 Å². The van der Waals surface area contributed by atoms with E-state index in [0.717, 1.165) is 31.9 Å². The predicted molar refractivity (Wildman–Crippen MR) is 85.6 cm³/mol. The highest BCUT2D eigenvalue weighted by Crippen LogP contribution is 2.16. The molecular weight excluding hydrogens is 264 g/mol. The molecule has 116 valence electrons. The van der Waals surface area contributed by atoms with E-state index >= 15 is 0 Å². The Morgan fingerprint density at radius 2 is 2.33 bits per heavy atom. The van der Waals surface area contributed by atoms with E-state index in [1.54, 1.807) is 11.0 Å². The monoisotopic (exact) mass is 290 g/mol. The number of rotatable bonds is 6. The number of nitrogens with zero attached hydrogens (tertiary/aromatic N) is 3. The summed E-state index contributed by atoms with van der Waals surface area (Å²) in [5.41, 5.74) is 0.513. The molecule has 0 bridgehead atoms. The summed E-state index contributed by atoms with van der Waals surface area (Å²) in [6.07, 6.45) is 3.42. The zero-order valence-electron chi connectivity index (χ0n) is 13.3. The molecule has 0 spiro atoms. The van der Waals surface area contributed by atoms with Crippen molar-refractivity contribution in [1.29, 1.82) is 0 Å². The molecule has 1 aliphatic rings. The smallest absolute Gasteiger partial charge is 0.272 e. The van der Waals surface area contributed by atoms with Crippen molar-refractivity contribution in [3.05, 3.63) is 23.9 Å². The molecule has 0 radical (unpaired) electrons. The maximum atomic E-state index is 12.5. The molecule has 1 atom stereocenters. The molecule has 2 rings (SSSR count). The standard InChI is InChI=1S/C16H26N4O/c1-4-10-17-15-9-5-8-14(18-15)16(21)20(3)12-13-7-6-11-19(13)2/h5,8-9,13H,4,6-7,10-12H2,1-3H3,(H,17,18). The lowest BCUT2D eigenvalue weighted by atomic mass is 10.2. The van der Waals surface area contributed by atoms with E-state index in [2.05, 4.69) is 29.2 Å². The van der Waals surface area contributed by atoms with Crippen LogP contribution in [0.25, 0.3) is 0 Å². The highest BCUT2D eigenvalue weighted by atomic mass is 16.2. The van der Waals surface area contributed by atoms with Crippen LogP contribution in [0.3, 0.4) is 0 Å². The Balaban J connectivity index is 1.98. The van der Waals surface area contributed by atoms with E-state index < -0.39 is 0 Å². The van der Waals surface area contributed by atoms with Gasteiger partial charge in [0.05, 0.1) is 0 Å². The van der Waals surface area contributed by atoms with Gasteiger partial charge in [-0.3, -0.25) is 4.79 Å². The minimum Gasteiger partial charge on any atom is -0.370 e. The molecule has 1 amide bonds. The zero-order chi connectivity index (χ0) is 15.2. The number of pyridine rings is 1. The van der Waals surface area contributed by atoms with E-state index in [1.165, 1.54) is 12.8 Å². The lowest BCUT2D eigenvalue weighted by molar-refractivity contribution is 0.0756. The van der Waals surface area contributed by atoms with E-state index in [-0.39, 0.29) is 5.91 Å². The Hall–Kier alpha value is -1.62. The minimum atomic E-state index is -0.00421. The van der Waals surface area contributed by atoms with Crippen LogP contribution in [-0.4, -0.2) is 60.5 Å². The molecule has 5 heteroatoms. The second-order valence-electron chi connectivity index (χ2n) is 5.80. The number of nitrogens with one attached hydrogen (secondary N) is 1. The Morgan fingerprint density at radius 1 is 1.52 bits per heavy atom. The van der Waals surface area contributed by atoms with Crippen LogP contribution >= 0.6 is 0 Å². The molecule has 5 nitrogen and oxygen atoms in total. The fourth-order valence-corrected chi connectivity index (χ4v) is 2.71. The van der Waals surface area contributed by atoms with Gasteiger partial charge >= 0.3 is 0 Å². The van der Waals surface area contributed by atoms with Gasteiger partial charge in [0.2, 0.25) is 0 Å². The molecular formula is C16H26N4O. The number of carbonyl (C=O) groups excluding carboxylic acids is 1. The minimum absolute atomic E-state index is 0.00421. The topological polar surface area (TPSA) is 48.5 Å². The van der Waals surface area contributed by atoms with Crippen LogP contribution in [0.4, 0.5) is 5.82 Å². The second kappa shape index (κ2) is 7.41. The first kappa shape index (κ1) is 15.8. The molecule has 2 heterocycles. The summed E-state index contributed by atoms with van der Waals surface area (Å²) < 4.78 is 0. The third-order valence-corrected chi connectivity index (χ3v) is 4.03. The van der Waals surface area contributed by atoms with Crippen LogP contribution < -0.4 is 5.32 Å². The Bertz CT molecular complexity index is 477. The van der Waals surface area contributed by atoms with Crippen molar-refractivity contribution in [1.82, 2.24) is 14.8 Å². The van der Waals surface area contributed by atoms with Crippen LogP contribution in [0, 0.1) is 0 Å². The van der Waals surface area contributed by atoms with Crippen molar-refractivity contribution in [2.24, 2.45) is 0 Å². The van der Waals surface area contributed by atoms with Gasteiger partial charge in [-0.2, -0.15) is 0 Å². The second-order valence-corrected chi connectivity index (χ2v) is 5.80. The van der Waals surface area contributed by atoms with E-state index in [1.807, 2.05) is 19.2 Å². The first-order chi connectivity index (χ1) is 10.1. The van der Waals surface area contributed by atoms with Gasteiger partial charge in [0.15, 0.2) is 0 Å². The molecule has 1 aromatic rings. The third kappa shape index (κ3) is 4.17. The number of likely N-dealkylation sites (tertiary alicyclic amines) is 1. The van der Waals surface area contributed by atoms with Gasteiger partial charge in [-0.25, -0.2) is 4.98 Å². The lowest BCUT2D eigenvalue weighted by Gasteiger charge is -2.25. The number of likely N-dealkylation sites (N-methyl/N-ethyl adjacent to an activating group) is 2. The molecule has 21 heavy (non-hydrogen) atoms. The summed E-state index contributed by atoms with van der Waals surface area (Å²) in [5.74, 6) is 0.768. The van der Waals surface area contributed by atoms with Crippen LogP contribution in [0.5, 0.6) is 0 Å². The van der Waals surface area contributed by atoms with Gasteiger partial charge < -0.3 is 15.1 Å². The summed E-state index contributed by atoms with van der Waals surface area (Å²) in [5, 5.41) is 3.22. The van der Waals surface area contributed by atoms with Gasteiger partial charge in [0, 0.05) is 26.2 Å². The number of carbonyl (C=O) groups is 1. The normalized spacial score (nSPS) is 18.7. The molecule has 1 N–H and O–H groups in total. The SMILES string of the molecule is CCCNc1cccc(C(=O)N(C)CC2CCCN2C)n1. The highest BCUT2D eigenvalue weighted by molar-refractivity contribution is 5.92. The zero-order valence-corrected chi connectivity index (χ0v) is 13.3. The molecule has 0 aliphatic carbocycles. The van der Waals surface area contributed by atoms with Gasteiger partial charge in [-0.1, -0.05) is 13.0 Å². The maximum Gasteiger partial charge on any atom is 0.272 e. The van der Waals surface area contributed by atoms with Crippen LogP contribution in [0.15, 0.2) is 18.2 Å². The highest BCUT2D eigenvalue weighted by Gasteiger charge is 2.24. The number of aromatic nitrogens is 1. The van der Waals surface area contributed by atoms with Gasteiger partial charge in [-0.05, 0) is 45.0 Å². The Morgan fingerprint density at radius 3 is 3.00 bits per heavy atom. The molecule has 1 aliphatic heterocycles. The largest absolute Gasteiger partial charge is 0.370 e. The van der Waals surface area contributed by atoms with Crippen molar-refractivity contribution in [3.63, 3.8) is 0 Å². The molecule has 0 aromatic carbocycles. The Kier molecular flexibility index (Phi) is 5.56. The summed E-state index contributed by atoms with van der Waals surface area (Å²) in [4.78, 5) is 21.0. The summed E-state index contributed by atoms with van der Waals surface area (Å²) in [7, 11) is 3.99. The average molecular weight is 290 g/mol. The first-order valence-corrected chi connectivity index (χ1v) is 7.78. The number of hydrogen-bond donors (Lipinski definition) is 1. The average Bonchev–Trinajstić information content (AvgIpc) is 2.90. The van der Waals surface area contributed by atoms with Crippen molar-refractivity contribution in [2.75, 3.05) is 39.0 Å². The molecule has 1 unspecified atom stereocenters. The summed E-state index contributed by atoms with van der Waals surface area (Å²) >= 11 is 0. The van der Waals surface area contributed by atoms with Crippen molar-refractivity contribution < 1.29 is 4.79 Å². The van der Waals surface area contributed by atoms with Crippen LogP contribution in [0.1, 0.15) is 36.7 Å². The fraction of sp³-hybridized carbons (Fsp3) is 0.625. The fourth-order valence-electron chi connectivity index (χ4n) is 2.71. The third-order valence-electron chi connectivity index (χ3n) is 4.03. The van der Waals surface area contributed by atoms with Gasteiger partial charge in [0.25, 0.3) is 5.91 Å². The maximum absolute atomic E-state index is 12.5. The summed E-state index contributed by atoms with van der Waals surface area (Å²) in [6, 6.07) is 6.04. The van der Waals surface area contributed by atoms with Gasteiger partial charge in [-0.15, -0.1) is 0 Å². The molecule has 1 aromatic heterocycles. The molecule has 1 fully saturated rings.